The van der Waals surface area contributed by atoms with Crippen LogP contribution in [0.25, 0.3) is 21.2 Å². The van der Waals surface area contributed by atoms with E-state index in [2.05, 4.69) is 36.0 Å². The summed E-state index contributed by atoms with van der Waals surface area (Å²) in [7, 11) is 1.16. The molecule has 4 aromatic rings. The van der Waals surface area contributed by atoms with Gasteiger partial charge in [-0.2, -0.15) is 0 Å². The highest BCUT2D eigenvalue weighted by Gasteiger charge is 2.30. The van der Waals surface area contributed by atoms with Crippen LogP contribution in [0.15, 0.2) is 96.1 Å². The van der Waals surface area contributed by atoms with Gasteiger partial charge in [-0.3, -0.25) is 34.1 Å². The molecule has 0 aliphatic heterocycles. The van der Waals surface area contributed by atoms with Gasteiger partial charge >= 0.3 is 12.1 Å². The second-order valence-electron chi connectivity index (χ2n) is 12.7. The number of hydrogen-bond acceptors (Lipinski definition) is 13. The van der Waals surface area contributed by atoms with E-state index in [-0.39, 0.29) is 50.3 Å². The molecule has 0 unspecified atom stereocenters. The first-order valence-corrected chi connectivity index (χ1v) is 18.0. The summed E-state index contributed by atoms with van der Waals surface area (Å²) in [6.45, 7) is -0.819. The van der Waals surface area contributed by atoms with Gasteiger partial charge < -0.3 is 41.2 Å². The molecule has 4 amide bonds. The van der Waals surface area contributed by atoms with Gasteiger partial charge in [0.05, 0.1) is 12.0 Å². The largest absolute Gasteiger partial charge is 0.514 e. The molecule has 0 fully saturated rings. The summed E-state index contributed by atoms with van der Waals surface area (Å²) in [6.07, 6.45) is -1.55. The molecule has 59 heavy (non-hydrogen) atoms. The summed E-state index contributed by atoms with van der Waals surface area (Å²) in [5, 5.41) is 26.2. The molecular weight excluding hydrogens is 770 g/mol. The number of benzene rings is 4. The second kappa shape index (κ2) is 22.2. The molecule has 0 radical (unpaired) electrons. The van der Waals surface area contributed by atoms with Crippen molar-refractivity contribution in [2.45, 2.75) is 50.4 Å². The summed E-state index contributed by atoms with van der Waals surface area (Å²) in [5.41, 5.74) is 15.8. The van der Waals surface area contributed by atoms with Crippen LogP contribution >= 0.6 is 0 Å². The monoisotopic (exact) mass is 811 g/mol. The fourth-order valence-corrected chi connectivity index (χ4v) is 5.67. The van der Waals surface area contributed by atoms with Crippen LogP contribution in [0.5, 0.6) is 5.75 Å². The Balaban J connectivity index is 1.46. The van der Waals surface area contributed by atoms with Crippen molar-refractivity contribution in [2.75, 3.05) is 25.5 Å². The minimum Gasteiger partial charge on any atom is -0.469 e. The number of carbonyl (C=O) groups is 6. The van der Waals surface area contributed by atoms with Gasteiger partial charge in [-0.15, -0.1) is 0 Å². The number of methoxy groups -OCH3 is 1. The van der Waals surface area contributed by atoms with Crippen molar-refractivity contribution in [1.82, 2.24) is 16.0 Å². The van der Waals surface area contributed by atoms with Gasteiger partial charge in [0.15, 0.2) is 0 Å². The summed E-state index contributed by atoms with van der Waals surface area (Å²) in [6, 6.07) is 20.1. The van der Waals surface area contributed by atoms with Crippen LogP contribution in [0.2, 0.25) is 0 Å². The lowest BCUT2D eigenvalue weighted by Crippen LogP contribution is -2.57. The molecule has 4 aromatic carbocycles. The van der Waals surface area contributed by atoms with Gasteiger partial charge in [-0.05, 0) is 71.1 Å². The summed E-state index contributed by atoms with van der Waals surface area (Å²) in [4.78, 5) is 90.6. The van der Waals surface area contributed by atoms with Crippen LogP contribution in [0.3, 0.4) is 0 Å². The molecule has 308 valence electrons. The topological polar surface area (TPSA) is 296 Å². The van der Waals surface area contributed by atoms with Crippen molar-refractivity contribution < 1.29 is 47.9 Å². The Kier molecular flexibility index (Phi) is 16.6. The lowest BCUT2D eigenvalue weighted by molar-refractivity contribution is -0.384. The first-order chi connectivity index (χ1) is 28.4. The van der Waals surface area contributed by atoms with Gasteiger partial charge in [0, 0.05) is 35.6 Å². The number of nitrogens with two attached hydrogens (primary N) is 1. The van der Waals surface area contributed by atoms with Gasteiger partial charge in [0.2, 0.25) is 23.6 Å². The van der Waals surface area contributed by atoms with E-state index in [4.69, 9.17) is 20.7 Å². The van der Waals surface area contributed by atoms with E-state index >= 15 is 0 Å². The molecule has 0 saturated carbocycles. The fourth-order valence-electron chi connectivity index (χ4n) is 5.67. The van der Waals surface area contributed by atoms with Gasteiger partial charge in [0.1, 0.15) is 37.0 Å². The predicted molar refractivity (Wildman–Crippen MR) is 211 cm³/mol. The Bertz CT molecular complexity index is 2190. The molecule has 0 bridgehead atoms. The van der Waals surface area contributed by atoms with Crippen LogP contribution in [0.1, 0.15) is 30.4 Å². The Morgan fingerprint density at radius 3 is 2.17 bits per heavy atom. The van der Waals surface area contributed by atoms with Gasteiger partial charge in [-0.1, -0.05) is 59.7 Å². The zero-order valence-corrected chi connectivity index (χ0v) is 31.7. The van der Waals surface area contributed by atoms with Crippen LogP contribution in [0, 0.1) is 10.1 Å². The molecule has 3 atom stereocenters. The molecule has 0 spiro atoms. The Morgan fingerprint density at radius 2 is 1.49 bits per heavy atom. The number of nitro groups is 1. The SMILES string of the molecule is COC(=O)CC[C@H](NC(=O)CN=[N+]=[N-])C(=O)N[C@@H](Cc1cccc2ccccc12)C(=O)N[C@@H](CCN)C(=O)Nc1ccc(COC(=O)Oc2ccc([N+](=O)[O-])cc2)cc1. The third-order valence-electron chi connectivity index (χ3n) is 8.65. The molecule has 0 aliphatic carbocycles. The van der Waals surface area contributed by atoms with Crippen LogP contribution < -0.4 is 31.7 Å². The van der Waals surface area contributed by atoms with E-state index in [1.54, 1.807) is 24.3 Å². The fraction of sp³-hybridized carbons (Fsp3) is 0.282. The van der Waals surface area contributed by atoms with Crippen molar-refractivity contribution in [3.63, 3.8) is 0 Å². The number of amides is 4. The lowest BCUT2D eigenvalue weighted by Gasteiger charge is -2.25. The van der Waals surface area contributed by atoms with Crippen LogP contribution in [0.4, 0.5) is 16.2 Å². The Morgan fingerprint density at radius 1 is 0.831 bits per heavy atom. The molecule has 6 N–H and O–H groups in total. The number of nitrogens with zero attached hydrogens (tertiary/aromatic N) is 4. The number of fused-ring (bicyclic) bond motifs is 1. The van der Waals surface area contributed by atoms with E-state index < -0.39 is 65.3 Å². The molecule has 0 aliphatic rings. The van der Waals surface area contributed by atoms with E-state index in [9.17, 15) is 38.9 Å². The first kappa shape index (κ1) is 44.1. The minimum absolute atomic E-state index is 0.00220. The Hall–Kier alpha value is -7.57. The lowest BCUT2D eigenvalue weighted by atomic mass is 9.97. The van der Waals surface area contributed by atoms with E-state index in [1.165, 1.54) is 36.4 Å². The van der Waals surface area contributed by atoms with E-state index in [0.717, 1.165) is 17.9 Å². The standard InChI is InChI=1S/C39H41N9O11/c1-57-35(50)18-17-31(44-34(49)22-42-47-41)37(52)46-33(21-26-7-4-6-25-5-2-3-8-30(25)26)38(53)45-32(19-20-40)36(51)43-27-11-9-24(10-12-27)23-58-39(54)59-29-15-13-28(14-16-29)48(55)56/h2-16,31-33H,17-23,40H2,1H3,(H,43,51)(H,44,49)(H,45,53)(H,46,52)/t31-,32-,33-/m0/s1. The molecular formula is C39H41N9O11. The van der Waals surface area contributed by atoms with Crippen LogP contribution in [-0.2, 0) is 46.5 Å². The number of carbonyl (C=O) groups excluding carboxylic acids is 6. The van der Waals surface area contributed by atoms with Crippen molar-refractivity contribution in [2.24, 2.45) is 10.8 Å². The molecule has 20 nitrogen and oxygen atoms in total. The van der Waals surface area contributed by atoms with Gasteiger partial charge in [-0.25, -0.2) is 4.79 Å². The van der Waals surface area contributed by atoms with Crippen molar-refractivity contribution >= 4 is 57.9 Å². The highest BCUT2D eigenvalue weighted by Crippen LogP contribution is 2.21. The van der Waals surface area contributed by atoms with Crippen molar-refractivity contribution in [1.29, 1.82) is 0 Å². The average molecular weight is 812 g/mol. The normalized spacial score (nSPS) is 12.0. The number of anilines is 1. The molecule has 0 saturated heterocycles. The van der Waals surface area contributed by atoms with Gasteiger partial charge in [0.25, 0.3) is 5.69 Å². The van der Waals surface area contributed by atoms with Crippen LogP contribution in [-0.4, -0.2) is 79.0 Å². The first-order valence-electron chi connectivity index (χ1n) is 18.0. The van der Waals surface area contributed by atoms with E-state index in [0.29, 0.717) is 16.8 Å². The third kappa shape index (κ3) is 13.8. The number of non-ortho nitro benzene ring substituents is 1. The number of nitrogens with one attached hydrogen (secondary N) is 4. The molecule has 4 rings (SSSR count). The predicted octanol–water partition coefficient (Wildman–Crippen LogP) is 3.71. The third-order valence-corrected chi connectivity index (χ3v) is 8.65. The number of azide groups is 1. The number of rotatable bonds is 20. The maximum Gasteiger partial charge on any atom is 0.514 e. The minimum atomic E-state index is -1.34. The maximum absolute atomic E-state index is 14.0. The van der Waals surface area contributed by atoms with Crippen molar-refractivity contribution in [3.05, 3.63) is 123 Å². The Labute approximate surface area is 336 Å². The smallest absolute Gasteiger partial charge is 0.469 e. The average Bonchev–Trinajstić information content (AvgIpc) is 3.23. The number of ether oxygens (including phenoxy) is 3. The molecule has 20 heteroatoms. The molecule has 0 heterocycles. The number of esters is 1. The quantitative estimate of drug-likeness (QED) is 0.0162. The summed E-state index contributed by atoms with van der Waals surface area (Å²) in [5.74, 6) is -3.61. The zero-order valence-electron chi connectivity index (χ0n) is 31.7. The zero-order chi connectivity index (χ0) is 42.7. The van der Waals surface area contributed by atoms with E-state index in [1.807, 2.05) is 30.3 Å². The summed E-state index contributed by atoms with van der Waals surface area (Å²) < 4.78 is 14.8. The second-order valence-corrected chi connectivity index (χ2v) is 12.7. The van der Waals surface area contributed by atoms with Crippen molar-refractivity contribution in [3.8, 4) is 5.75 Å². The molecule has 0 aromatic heterocycles. The highest BCUT2D eigenvalue weighted by atomic mass is 16.7. The number of hydrogen-bond donors (Lipinski definition) is 5. The maximum atomic E-state index is 14.0. The number of nitro benzene ring substituents is 1. The summed E-state index contributed by atoms with van der Waals surface area (Å²) >= 11 is 0. The highest BCUT2D eigenvalue weighted by molar-refractivity contribution is 5.99.